The lowest BCUT2D eigenvalue weighted by Gasteiger charge is -1.98. The zero-order valence-corrected chi connectivity index (χ0v) is 11.7. The molecule has 2 rings (SSSR count). The topological polar surface area (TPSA) is 133 Å². The van der Waals surface area contributed by atoms with E-state index in [1.807, 2.05) is 6.07 Å². The first kappa shape index (κ1) is 15.5. The lowest BCUT2D eigenvalue weighted by Crippen LogP contribution is -2.35. The molecule has 0 radical (unpaired) electrons. The van der Waals surface area contributed by atoms with E-state index in [1.165, 1.54) is 6.08 Å². The van der Waals surface area contributed by atoms with Crippen molar-refractivity contribution >= 4 is 18.0 Å². The molecule has 0 saturated carbocycles. The van der Waals surface area contributed by atoms with Crippen molar-refractivity contribution in [2.45, 2.75) is 0 Å². The molecule has 3 N–H and O–H groups in total. The summed E-state index contributed by atoms with van der Waals surface area (Å²) in [4.78, 5) is 22.2. The van der Waals surface area contributed by atoms with Gasteiger partial charge in [-0.25, -0.2) is 4.79 Å². The van der Waals surface area contributed by atoms with E-state index in [2.05, 4.69) is 0 Å². The Morgan fingerprint density at radius 1 is 1.13 bits per heavy atom. The predicted molar refractivity (Wildman–Crippen MR) is 80.2 cm³/mol. The summed E-state index contributed by atoms with van der Waals surface area (Å²) in [6.07, 6.45) is 1.20. The van der Waals surface area contributed by atoms with Gasteiger partial charge in [0.1, 0.15) is 23.2 Å². The molecule has 23 heavy (non-hydrogen) atoms. The molecule has 7 nitrogen and oxygen atoms in total. The van der Waals surface area contributed by atoms with Gasteiger partial charge in [-0.2, -0.15) is 10.5 Å². The van der Waals surface area contributed by atoms with Crippen LogP contribution in [-0.2, 0) is 4.79 Å². The Bertz CT molecular complexity index is 864. The molecule has 0 atom stereocenters. The van der Waals surface area contributed by atoms with Crippen LogP contribution >= 0.6 is 0 Å². The Kier molecular flexibility index (Phi) is 4.56. The Morgan fingerprint density at radius 2 is 1.83 bits per heavy atom. The van der Waals surface area contributed by atoms with Crippen LogP contribution in [0.25, 0.3) is 17.4 Å². The number of hydrogen-bond acceptors (Lipinski definition) is 5. The number of urea groups is 1. The number of rotatable bonds is 3. The van der Waals surface area contributed by atoms with E-state index in [0.717, 1.165) is 5.56 Å². The van der Waals surface area contributed by atoms with Crippen LogP contribution in [0.2, 0.25) is 0 Å². The Morgan fingerprint density at radius 3 is 2.39 bits per heavy atom. The van der Waals surface area contributed by atoms with Crippen molar-refractivity contribution in [3.63, 3.8) is 0 Å². The minimum Gasteiger partial charge on any atom is -0.457 e. The quantitative estimate of drug-likeness (QED) is 0.660. The fourth-order valence-electron chi connectivity index (χ4n) is 1.76. The molecule has 7 heteroatoms. The molecule has 3 amide bonds. The molecule has 0 aliphatic carbocycles. The highest BCUT2D eigenvalue weighted by molar-refractivity contribution is 6.08. The zero-order chi connectivity index (χ0) is 16.8. The van der Waals surface area contributed by atoms with E-state index >= 15 is 0 Å². The highest BCUT2D eigenvalue weighted by Crippen LogP contribution is 2.23. The molecule has 0 unspecified atom stereocenters. The van der Waals surface area contributed by atoms with Crippen molar-refractivity contribution in [1.29, 1.82) is 10.5 Å². The van der Waals surface area contributed by atoms with Crippen LogP contribution in [0, 0.1) is 22.7 Å². The molecule has 0 aliphatic rings. The van der Waals surface area contributed by atoms with Crippen molar-refractivity contribution < 1.29 is 14.0 Å². The third-order valence-electron chi connectivity index (χ3n) is 2.81. The minimum atomic E-state index is -1.05. The fraction of sp³-hybridized carbons (Fsp3) is 0. The smallest absolute Gasteiger partial charge is 0.319 e. The Labute approximate surface area is 131 Å². The number of carbonyl (C=O) groups is 2. The van der Waals surface area contributed by atoms with Crippen LogP contribution < -0.4 is 11.1 Å². The molecule has 1 aromatic heterocycles. The number of primary amides is 1. The summed E-state index contributed by atoms with van der Waals surface area (Å²) < 4.78 is 5.52. The van der Waals surface area contributed by atoms with E-state index in [9.17, 15) is 9.59 Å². The van der Waals surface area contributed by atoms with Gasteiger partial charge < -0.3 is 10.2 Å². The summed E-state index contributed by atoms with van der Waals surface area (Å²) in [5.74, 6) is -0.134. The molecular formula is C16H10N4O3. The third kappa shape index (κ3) is 3.84. The average Bonchev–Trinajstić information content (AvgIpc) is 3.00. The van der Waals surface area contributed by atoms with Gasteiger partial charge in [-0.1, -0.05) is 0 Å². The monoisotopic (exact) mass is 306 g/mol. The molecule has 1 aromatic carbocycles. The minimum absolute atomic E-state index is 0.264. The number of carbonyl (C=O) groups excluding carboxylic acids is 2. The number of furan rings is 1. The highest BCUT2D eigenvalue weighted by Gasteiger charge is 2.12. The summed E-state index contributed by atoms with van der Waals surface area (Å²) >= 11 is 0. The van der Waals surface area contributed by atoms with Gasteiger partial charge in [0.25, 0.3) is 5.91 Å². The van der Waals surface area contributed by atoms with E-state index in [0.29, 0.717) is 11.3 Å². The summed E-state index contributed by atoms with van der Waals surface area (Å²) in [7, 11) is 0. The molecule has 1 heterocycles. The first-order chi connectivity index (χ1) is 11.0. The maximum Gasteiger partial charge on any atom is 0.319 e. The second-order valence-electron chi connectivity index (χ2n) is 4.38. The second kappa shape index (κ2) is 6.74. The fourth-order valence-corrected chi connectivity index (χ4v) is 1.76. The number of nitrogens with zero attached hydrogens (tertiary/aromatic N) is 2. The lowest BCUT2D eigenvalue weighted by molar-refractivity contribution is -0.115. The molecule has 0 aliphatic heterocycles. The third-order valence-corrected chi connectivity index (χ3v) is 2.81. The van der Waals surface area contributed by atoms with Crippen LogP contribution in [0.15, 0.2) is 46.4 Å². The first-order valence-corrected chi connectivity index (χ1v) is 6.36. The van der Waals surface area contributed by atoms with E-state index in [-0.39, 0.29) is 11.3 Å². The summed E-state index contributed by atoms with van der Waals surface area (Å²) in [6, 6.07) is 12.6. The molecular weight excluding hydrogens is 296 g/mol. The first-order valence-electron chi connectivity index (χ1n) is 6.36. The second-order valence-corrected chi connectivity index (χ2v) is 4.38. The number of nitrogens with two attached hydrogens (primary N) is 1. The van der Waals surface area contributed by atoms with Gasteiger partial charge in [0.15, 0.2) is 0 Å². The van der Waals surface area contributed by atoms with Gasteiger partial charge >= 0.3 is 6.03 Å². The van der Waals surface area contributed by atoms with Gasteiger partial charge in [-0.15, -0.1) is 0 Å². The molecule has 2 aromatic rings. The maximum absolute atomic E-state index is 11.6. The summed E-state index contributed by atoms with van der Waals surface area (Å²) in [5, 5.41) is 19.5. The number of nitrogens with one attached hydrogen (secondary N) is 1. The number of amides is 3. The van der Waals surface area contributed by atoms with Crippen molar-refractivity contribution in [3.8, 4) is 23.5 Å². The lowest BCUT2D eigenvalue weighted by atomic mass is 10.1. The van der Waals surface area contributed by atoms with Crippen LogP contribution in [0.5, 0.6) is 0 Å². The Hall–Kier alpha value is -3.84. The van der Waals surface area contributed by atoms with Crippen LogP contribution in [0.3, 0.4) is 0 Å². The highest BCUT2D eigenvalue weighted by atomic mass is 16.3. The number of hydrogen-bond donors (Lipinski definition) is 2. The van der Waals surface area contributed by atoms with Crippen LogP contribution in [0.4, 0.5) is 4.79 Å². The largest absolute Gasteiger partial charge is 0.457 e. The van der Waals surface area contributed by atoms with Gasteiger partial charge in [0, 0.05) is 11.6 Å². The van der Waals surface area contributed by atoms with Gasteiger partial charge in [-0.3, -0.25) is 10.1 Å². The predicted octanol–water partition coefficient (Wildman–Crippen LogP) is 1.92. The van der Waals surface area contributed by atoms with Crippen LogP contribution in [0.1, 0.15) is 11.3 Å². The molecule has 0 fully saturated rings. The molecule has 0 bridgehead atoms. The molecule has 112 valence electrons. The molecule has 0 saturated heterocycles. The molecule has 0 spiro atoms. The zero-order valence-electron chi connectivity index (χ0n) is 11.7. The summed E-state index contributed by atoms with van der Waals surface area (Å²) in [5.41, 5.74) is 5.78. The SMILES string of the molecule is N#C/C(=C/c1ccc(-c2ccc(C#N)cc2)o1)C(=O)NC(N)=O. The van der Waals surface area contributed by atoms with E-state index in [4.69, 9.17) is 20.7 Å². The summed E-state index contributed by atoms with van der Waals surface area (Å²) in [6.45, 7) is 0. The van der Waals surface area contributed by atoms with E-state index < -0.39 is 11.9 Å². The van der Waals surface area contributed by atoms with Crippen LogP contribution in [-0.4, -0.2) is 11.9 Å². The maximum atomic E-state index is 11.6. The number of imide groups is 1. The number of benzene rings is 1. The van der Waals surface area contributed by atoms with Gasteiger partial charge in [0.2, 0.25) is 0 Å². The number of nitriles is 2. The van der Waals surface area contributed by atoms with E-state index in [1.54, 1.807) is 47.8 Å². The van der Waals surface area contributed by atoms with Crippen molar-refractivity contribution in [2.24, 2.45) is 5.73 Å². The van der Waals surface area contributed by atoms with Gasteiger partial charge in [-0.05, 0) is 36.4 Å². The normalized spacial score (nSPS) is 10.4. The average molecular weight is 306 g/mol. The Balaban J connectivity index is 2.25. The van der Waals surface area contributed by atoms with Crippen molar-refractivity contribution in [3.05, 3.63) is 53.3 Å². The van der Waals surface area contributed by atoms with Crippen molar-refractivity contribution in [2.75, 3.05) is 0 Å². The standard InChI is InChI=1S/C16H10N4O3/c17-8-10-1-3-11(4-2-10)14-6-5-13(23-14)7-12(9-18)15(21)20-16(19)22/h1-7H,(H3,19,20,21,22)/b12-7-. The van der Waals surface area contributed by atoms with Crippen molar-refractivity contribution in [1.82, 2.24) is 5.32 Å². The van der Waals surface area contributed by atoms with Gasteiger partial charge in [0.05, 0.1) is 11.6 Å².